The van der Waals surface area contributed by atoms with Gasteiger partial charge in [0.05, 0.1) is 16.1 Å². The second-order valence-corrected chi connectivity index (χ2v) is 20.1. The van der Waals surface area contributed by atoms with E-state index in [-0.39, 0.29) is 0 Å². The molecule has 0 fully saturated rings. The summed E-state index contributed by atoms with van der Waals surface area (Å²) in [7, 11) is -3.23. The molecule has 0 spiro atoms. The van der Waals surface area contributed by atoms with Crippen molar-refractivity contribution in [1.82, 2.24) is 0 Å². The smallest absolute Gasteiger partial charge is 0.0736 e. The van der Waals surface area contributed by atoms with Crippen molar-refractivity contribution in [2.45, 2.75) is 52.1 Å². The van der Waals surface area contributed by atoms with Gasteiger partial charge in [0, 0.05) is 0 Å². The summed E-state index contributed by atoms with van der Waals surface area (Å²) in [6, 6.07) is 22.0. The van der Waals surface area contributed by atoms with Crippen LogP contribution in [0.15, 0.2) is 96.4 Å². The van der Waals surface area contributed by atoms with Crippen LogP contribution in [-0.2, 0) is 0 Å². The minimum atomic E-state index is -1.61. The molecule has 0 amide bonds. The van der Waals surface area contributed by atoms with Crippen LogP contribution in [0.4, 0.5) is 0 Å². The Morgan fingerprint density at radius 2 is 0.900 bits per heavy atom. The third-order valence-electron chi connectivity index (χ3n) is 5.49. The van der Waals surface area contributed by atoms with Crippen molar-refractivity contribution in [2.75, 3.05) is 0 Å². The highest BCUT2D eigenvalue weighted by molar-refractivity contribution is 6.86. The summed E-state index contributed by atoms with van der Waals surface area (Å²) in [5.41, 5.74) is 5.49. The molecule has 0 saturated heterocycles. The van der Waals surface area contributed by atoms with Crippen molar-refractivity contribution in [1.29, 1.82) is 0 Å². The molecular weight excluding hydrogens is 392 g/mol. The monoisotopic (exact) mass is 430 g/mol. The molecule has 0 aromatic heterocycles. The van der Waals surface area contributed by atoms with Gasteiger partial charge >= 0.3 is 0 Å². The minimum Gasteiger partial charge on any atom is -0.103 e. The molecule has 0 unspecified atom stereocenters. The molecule has 0 radical (unpaired) electrons. The van der Waals surface area contributed by atoms with Gasteiger partial charge in [-0.1, -0.05) is 122 Å². The largest absolute Gasteiger partial charge is 0.103 e. The maximum Gasteiger partial charge on any atom is 0.0736 e. The zero-order chi connectivity index (χ0) is 22.4. The molecule has 0 atom stereocenters. The highest BCUT2D eigenvalue weighted by Crippen LogP contribution is 2.43. The van der Waals surface area contributed by atoms with Gasteiger partial charge in [0.25, 0.3) is 0 Å². The molecule has 0 aliphatic carbocycles. The van der Waals surface area contributed by atoms with Gasteiger partial charge in [-0.2, -0.15) is 0 Å². The maximum absolute atomic E-state index is 4.12. The summed E-state index contributed by atoms with van der Waals surface area (Å²) < 4.78 is 0. The number of hydrogen-bond donors (Lipinski definition) is 0. The third kappa shape index (κ3) is 5.93. The van der Waals surface area contributed by atoms with Crippen LogP contribution in [-0.4, -0.2) is 16.1 Å². The average molecular weight is 431 g/mol. The number of benzene rings is 2. The Hall–Kier alpha value is -2.17. The number of hydrogen-bond acceptors (Lipinski definition) is 0. The summed E-state index contributed by atoms with van der Waals surface area (Å²) in [4.78, 5) is 0. The van der Waals surface area contributed by atoms with E-state index in [0.29, 0.717) is 0 Å². The first-order valence-electron chi connectivity index (χ1n) is 10.9. The van der Waals surface area contributed by atoms with E-state index in [1.807, 2.05) is 0 Å². The van der Waals surface area contributed by atoms with Crippen molar-refractivity contribution >= 4 is 27.3 Å². The molecule has 158 valence electrons. The van der Waals surface area contributed by atoms with E-state index in [1.165, 1.54) is 22.3 Å². The van der Waals surface area contributed by atoms with Gasteiger partial charge in [0.15, 0.2) is 0 Å². The van der Waals surface area contributed by atoms with E-state index >= 15 is 0 Å². The molecule has 30 heavy (non-hydrogen) atoms. The van der Waals surface area contributed by atoms with Gasteiger partial charge in [0.2, 0.25) is 0 Å². The summed E-state index contributed by atoms with van der Waals surface area (Å²) in [6.07, 6.45) is 6.04. The lowest BCUT2D eigenvalue weighted by molar-refractivity contribution is 1.29. The topological polar surface area (TPSA) is 0 Å². The quantitative estimate of drug-likeness (QED) is 0.212. The van der Waals surface area contributed by atoms with Crippen molar-refractivity contribution in [3.63, 3.8) is 0 Å². The van der Waals surface area contributed by atoms with Crippen LogP contribution < -0.4 is 0 Å². The molecule has 2 rings (SSSR count). The normalized spacial score (nSPS) is 13.9. The Kier molecular flexibility index (Phi) is 8.22. The second-order valence-electron chi connectivity index (χ2n) is 9.92. The van der Waals surface area contributed by atoms with Crippen LogP contribution in [0.5, 0.6) is 0 Å². The van der Waals surface area contributed by atoms with Crippen LogP contribution in [0.25, 0.3) is 11.1 Å². The van der Waals surface area contributed by atoms with Crippen LogP contribution in [0.1, 0.15) is 24.0 Å². The Bertz CT molecular complexity index is 839. The molecule has 0 N–H and O–H groups in total. The van der Waals surface area contributed by atoms with Crippen LogP contribution in [0.3, 0.4) is 0 Å². The number of rotatable bonds is 9. The lowest BCUT2D eigenvalue weighted by Crippen LogP contribution is -2.28. The van der Waals surface area contributed by atoms with E-state index < -0.39 is 16.1 Å². The van der Waals surface area contributed by atoms with Crippen molar-refractivity contribution < 1.29 is 0 Å². The van der Waals surface area contributed by atoms with Gasteiger partial charge in [-0.05, 0) is 35.1 Å². The molecule has 0 bridgehead atoms. The van der Waals surface area contributed by atoms with E-state index in [9.17, 15) is 0 Å². The van der Waals surface area contributed by atoms with Gasteiger partial charge in [-0.3, -0.25) is 0 Å². The summed E-state index contributed by atoms with van der Waals surface area (Å²) in [6.45, 7) is 23.0. The lowest BCUT2D eigenvalue weighted by Gasteiger charge is -2.32. The lowest BCUT2D eigenvalue weighted by atomic mass is 9.90. The fourth-order valence-electron chi connectivity index (χ4n) is 4.00. The Morgan fingerprint density at radius 1 is 0.600 bits per heavy atom. The van der Waals surface area contributed by atoms with Crippen molar-refractivity contribution in [2.24, 2.45) is 0 Å². The van der Waals surface area contributed by atoms with Gasteiger partial charge in [0.1, 0.15) is 0 Å². The molecule has 2 aromatic carbocycles. The highest BCUT2D eigenvalue weighted by atomic mass is 28.3. The van der Waals surface area contributed by atoms with E-state index in [1.54, 1.807) is 10.4 Å². The maximum atomic E-state index is 4.12. The molecule has 0 heterocycles. The molecule has 2 aromatic rings. The van der Waals surface area contributed by atoms with E-state index in [0.717, 1.165) is 12.8 Å². The fourth-order valence-corrected chi connectivity index (χ4v) is 7.56. The van der Waals surface area contributed by atoms with Crippen LogP contribution >= 0.6 is 0 Å². The first kappa shape index (κ1) is 24.1. The summed E-state index contributed by atoms with van der Waals surface area (Å²) in [5, 5.41) is 3.14. The zero-order valence-electron chi connectivity index (χ0n) is 19.8. The molecule has 0 saturated carbocycles. The Balaban J connectivity index is 3.11. The zero-order valence-corrected chi connectivity index (χ0v) is 21.8. The van der Waals surface area contributed by atoms with E-state index in [4.69, 9.17) is 0 Å². The Morgan fingerprint density at radius 3 is 1.13 bits per heavy atom. The number of allylic oxidation sites excluding steroid dienone is 6. The predicted octanol–water partition coefficient (Wildman–Crippen LogP) is 8.80. The van der Waals surface area contributed by atoms with E-state index in [2.05, 4.69) is 125 Å². The second kappa shape index (κ2) is 10.2. The molecule has 0 aliphatic heterocycles. The van der Waals surface area contributed by atoms with Gasteiger partial charge in [-0.15, -0.1) is 13.2 Å². The standard InChI is InChI=1S/C28H38Si2/c1-9-17-25(29(3,4)5)27(23-19-13-11-14-20-23)28(24-21-15-12-16-22-24)26(18-10-2)30(6,7)8/h9-16,19-22H,1-2,17-18H2,3-8H3/b27-25+,28-26+. The highest BCUT2D eigenvalue weighted by Gasteiger charge is 2.30. The first-order valence-corrected chi connectivity index (χ1v) is 17.9. The molecular formula is C28H38Si2. The average Bonchev–Trinajstić information content (AvgIpc) is 2.69. The van der Waals surface area contributed by atoms with Crippen LogP contribution in [0.2, 0.25) is 39.3 Å². The molecule has 0 aliphatic rings. The molecule has 2 heteroatoms. The fraction of sp³-hybridized carbons (Fsp3) is 0.286. The summed E-state index contributed by atoms with van der Waals surface area (Å²) in [5.74, 6) is 0. The molecule has 0 nitrogen and oxygen atoms in total. The van der Waals surface area contributed by atoms with Gasteiger partial charge < -0.3 is 0 Å². The van der Waals surface area contributed by atoms with Crippen LogP contribution in [0, 0.1) is 0 Å². The van der Waals surface area contributed by atoms with Gasteiger partial charge in [-0.25, -0.2) is 0 Å². The summed E-state index contributed by atoms with van der Waals surface area (Å²) >= 11 is 0. The predicted molar refractivity (Wildman–Crippen MR) is 143 cm³/mol. The first-order chi connectivity index (χ1) is 14.1. The van der Waals surface area contributed by atoms with Crippen molar-refractivity contribution in [3.8, 4) is 0 Å². The minimum absolute atomic E-state index is 0.934. The SMILES string of the molecule is C=CC/C(=C(\C(=C(/CC=C)[Si](C)(C)C)c1ccccc1)c1ccccc1)[Si](C)(C)C. The third-order valence-corrected chi connectivity index (χ3v) is 10.0. The Labute approximate surface area is 186 Å². The van der Waals surface area contributed by atoms with Crippen molar-refractivity contribution in [3.05, 3.63) is 107 Å².